The van der Waals surface area contributed by atoms with Crippen molar-refractivity contribution in [1.29, 1.82) is 0 Å². The average molecular weight is 338 g/mol. The maximum atomic E-state index is 12.2. The fraction of sp³-hybridized carbons (Fsp3) is 0.588. The third-order valence-electron chi connectivity index (χ3n) is 4.47. The Morgan fingerprint density at radius 3 is 2.55 bits per heavy atom. The van der Waals surface area contributed by atoms with Crippen LogP contribution in [0.4, 0.5) is 0 Å². The van der Waals surface area contributed by atoms with Crippen molar-refractivity contribution in [2.24, 2.45) is 5.92 Å². The Morgan fingerprint density at radius 1 is 1.25 bits per heavy atom. The quantitative estimate of drug-likeness (QED) is 0.735. The molecule has 0 aromatic heterocycles. The zero-order valence-electron chi connectivity index (χ0n) is 12.4. The fourth-order valence-electron chi connectivity index (χ4n) is 2.97. The Hall–Kier alpha value is -0.670. The van der Waals surface area contributed by atoms with Gasteiger partial charge in [-0.3, -0.25) is 4.79 Å². The number of benzene rings is 1. The van der Waals surface area contributed by atoms with Crippen LogP contribution in [0, 0.1) is 5.92 Å². The molecule has 20 heavy (non-hydrogen) atoms. The Morgan fingerprint density at radius 2 is 1.90 bits per heavy atom. The largest absolute Gasteiger partial charge is 0.303 e. The molecule has 2 rings (SSSR count). The van der Waals surface area contributed by atoms with E-state index < -0.39 is 0 Å². The summed E-state index contributed by atoms with van der Waals surface area (Å²) in [6.07, 6.45) is 5.81. The minimum absolute atomic E-state index is 0.230. The summed E-state index contributed by atoms with van der Waals surface area (Å²) in [6.45, 7) is 3.20. The zero-order chi connectivity index (χ0) is 14.5. The monoisotopic (exact) mass is 337 g/mol. The summed E-state index contributed by atoms with van der Waals surface area (Å²) in [7, 11) is 2.16. The first-order valence-electron chi connectivity index (χ1n) is 7.56. The molecule has 0 radical (unpaired) electrons. The Kier molecular flexibility index (Phi) is 5.79. The number of rotatable bonds is 5. The number of hydrogen-bond donors (Lipinski definition) is 0. The normalized spacial score (nSPS) is 23.0. The minimum Gasteiger partial charge on any atom is -0.303 e. The lowest BCUT2D eigenvalue weighted by atomic mass is 9.86. The molecular weight excluding hydrogens is 314 g/mol. The Bertz CT molecular complexity index is 452. The van der Waals surface area contributed by atoms with E-state index in [2.05, 4.69) is 34.8 Å². The number of Topliss-reactive ketones (excluding diaryl/α,β-unsaturated/α-hetero) is 1. The van der Waals surface area contributed by atoms with Gasteiger partial charge in [-0.2, -0.15) is 0 Å². The van der Waals surface area contributed by atoms with Crippen molar-refractivity contribution in [3.8, 4) is 0 Å². The van der Waals surface area contributed by atoms with Gasteiger partial charge in [-0.15, -0.1) is 0 Å². The molecule has 0 amide bonds. The van der Waals surface area contributed by atoms with E-state index in [1.807, 2.05) is 24.3 Å². The molecule has 1 aromatic rings. The van der Waals surface area contributed by atoms with Crippen LogP contribution in [0.15, 0.2) is 28.7 Å². The van der Waals surface area contributed by atoms with E-state index in [1.54, 1.807) is 0 Å². The maximum absolute atomic E-state index is 12.2. The van der Waals surface area contributed by atoms with Gasteiger partial charge in [0.15, 0.2) is 5.78 Å². The van der Waals surface area contributed by atoms with Gasteiger partial charge in [-0.05, 0) is 44.7 Å². The number of carbonyl (C=O) groups excluding carboxylic acids is 1. The smallest absolute Gasteiger partial charge is 0.165 e. The summed E-state index contributed by atoms with van der Waals surface area (Å²) >= 11 is 3.45. The average Bonchev–Trinajstić information content (AvgIpc) is 2.45. The summed E-state index contributed by atoms with van der Waals surface area (Å²) in [5, 5.41) is 0. The summed E-state index contributed by atoms with van der Waals surface area (Å²) < 4.78 is 0.902. The SMILES string of the molecule is CC1CCC(N(C)CCC(=O)c2ccccc2Br)CC1. The Balaban J connectivity index is 1.83. The highest BCUT2D eigenvalue weighted by atomic mass is 79.9. The molecule has 1 aromatic carbocycles. The van der Waals surface area contributed by atoms with E-state index in [0.717, 1.165) is 22.5 Å². The molecule has 3 heteroatoms. The van der Waals surface area contributed by atoms with Crippen molar-refractivity contribution < 1.29 is 4.79 Å². The van der Waals surface area contributed by atoms with Crippen LogP contribution in [0.2, 0.25) is 0 Å². The van der Waals surface area contributed by atoms with Crippen LogP contribution in [0.1, 0.15) is 49.4 Å². The van der Waals surface area contributed by atoms with E-state index in [4.69, 9.17) is 0 Å². The molecule has 0 heterocycles. The van der Waals surface area contributed by atoms with Gasteiger partial charge in [-0.25, -0.2) is 0 Å². The molecule has 2 nitrogen and oxygen atoms in total. The molecule has 0 atom stereocenters. The molecule has 0 bridgehead atoms. The maximum Gasteiger partial charge on any atom is 0.165 e. The predicted molar refractivity (Wildman–Crippen MR) is 87.1 cm³/mol. The topological polar surface area (TPSA) is 20.3 Å². The van der Waals surface area contributed by atoms with Gasteiger partial charge in [0, 0.05) is 29.0 Å². The third-order valence-corrected chi connectivity index (χ3v) is 5.17. The predicted octanol–water partition coefficient (Wildman–Crippen LogP) is 4.53. The molecule has 0 spiro atoms. The van der Waals surface area contributed by atoms with Gasteiger partial charge in [0.1, 0.15) is 0 Å². The number of carbonyl (C=O) groups is 1. The van der Waals surface area contributed by atoms with Crippen LogP contribution in [0.5, 0.6) is 0 Å². The minimum atomic E-state index is 0.230. The third kappa shape index (κ3) is 4.16. The van der Waals surface area contributed by atoms with E-state index in [1.165, 1.54) is 25.7 Å². The first-order chi connectivity index (χ1) is 9.58. The van der Waals surface area contributed by atoms with E-state index in [-0.39, 0.29) is 5.78 Å². The molecule has 0 saturated heterocycles. The highest BCUT2D eigenvalue weighted by Crippen LogP contribution is 2.26. The molecule has 1 aliphatic carbocycles. The Labute approximate surface area is 130 Å². The van der Waals surface area contributed by atoms with E-state index >= 15 is 0 Å². The number of nitrogens with zero attached hydrogens (tertiary/aromatic N) is 1. The molecule has 1 aliphatic rings. The molecule has 0 aliphatic heterocycles. The summed E-state index contributed by atoms with van der Waals surface area (Å²) in [5.41, 5.74) is 0.804. The molecular formula is C17H24BrNO. The van der Waals surface area contributed by atoms with Crippen LogP contribution in [-0.4, -0.2) is 30.3 Å². The standard InChI is InChI=1S/C17H24BrNO/c1-13-7-9-14(10-8-13)19(2)12-11-17(20)15-5-3-4-6-16(15)18/h3-6,13-14H,7-12H2,1-2H3. The highest BCUT2D eigenvalue weighted by Gasteiger charge is 2.22. The van der Waals surface area contributed by atoms with Gasteiger partial charge in [0.2, 0.25) is 0 Å². The molecule has 0 unspecified atom stereocenters. The van der Waals surface area contributed by atoms with Crippen molar-refractivity contribution in [2.45, 2.75) is 45.1 Å². The number of ketones is 1. The van der Waals surface area contributed by atoms with Gasteiger partial charge in [0.25, 0.3) is 0 Å². The van der Waals surface area contributed by atoms with Gasteiger partial charge < -0.3 is 4.90 Å². The van der Waals surface area contributed by atoms with Gasteiger partial charge >= 0.3 is 0 Å². The van der Waals surface area contributed by atoms with Crippen LogP contribution in [-0.2, 0) is 0 Å². The molecule has 0 N–H and O–H groups in total. The van der Waals surface area contributed by atoms with Crippen LogP contribution in [0.25, 0.3) is 0 Å². The van der Waals surface area contributed by atoms with E-state index in [9.17, 15) is 4.79 Å². The van der Waals surface area contributed by atoms with Crippen molar-refractivity contribution in [1.82, 2.24) is 4.90 Å². The highest BCUT2D eigenvalue weighted by molar-refractivity contribution is 9.10. The summed E-state index contributed by atoms with van der Waals surface area (Å²) in [4.78, 5) is 14.6. The fourth-order valence-corrected chi connectivity index (χ4v) is 3.47. The molecule has 1 fully saturated rings. The summed E-state index contributed by atoms with van der Waals surface area (Å²) in [6, 6.07) is 8.35. The number of hydrogen-bond acceptors (Lipinski definition) is 2. The lowest BCUT2D eigenvalue weighted by Crippen LogP contribution is -2.36. The molecule has 110 valence electrons. The number of halogens is 1. The van der Waals surface area contributed by atoms with Crippen LogP contribution >= 0.6 is 15.9 Å². The summed E-state index contributed by atoms with van der Waals surface area (Å²) in [5.74, 6) is 1.11. The van der Waals surface area contributed by atoms with Crippen molar-refractivity contribution >= 4 is 21.7 Å². The van der Waals surface area contributed by atoms with Crippen LogP contribution in [0.3, 0.4) is 0 Å². The van der Waals surface area contributed by atoms with Crippen molar-refractivity contribution in [2.75, 3.05) is 13.6 Å². The van der Waals surface area contributed by atoms with Crippen molar-refractivity contribution in [3.63, 3.8) is 0 Å². The van der Waals surface area contributed by atoms with E-state index in [0.29, 0.717) is 12.5 Å². The lowest BCUT2D eigenvalue weighted by Gasteiger charge is -2.33. The second kappa shape index (κ2) is 7.37. The second-order valence-corrected chi connectivity index (χ2v) is 6.90. The first kappa shape index (κ1) is 15.7. The zero-order valence-corrected chi connectivity index (χ0v) is 14.0. The van der Waals surface area contributed by atoms with Gasteiger partial charge in [-0.1, -0.05) is 41.1 Å². The second-order valence-electron chi connectivity index (χ2n) is 6.05. The van der Waals surface area contributed by atoms with Gasteiger partial charge in [0.05, 0.1) is 0 Å². The van der Waals surface area contributed by atoms with Crippen molar-refractivity contribution in [3.05, 3.63) is 34.3 Å². The van der Waals surface area contributed by atoms with Crippen LogP contribution < -0.4 is 0 Å². The molecule has 1 saturated carbocycles. The first-order valence-corrected chi connectivity index (χ1v) is 8.35. The lowest BCUT2D eigenvalue weighted by molar-refractivity contribution is 0.0947.